The Morgan fingerprint density at radius 1 is 1.40 bits per heavy atom. The van der Waals surface area contributed by atoms with Crippen LogP contribution in [0.3, 0.4) is 0 Å². The zero-order valence-corrected chi connectivity index (χ0v) is 15.1. The zero-order valence-electron chi connectivity index (χ0n) is 14.3. The second-order valence-electron chi connectivity index (χ2n) is 5.56. The van der Waals surface area contributed by atoms with E-state index in [2.05, 4.69) is 5.32 Å². The number of carbonyl (C=O) groups is 3. The Morgan fingerprint density at radius 3 is 2.92 bits per heavy atom. The molecule has 1 heterocycles. The van der Waals surface area contributed by atoms with Gasteiger partial charge in [0.2, 0.25) is 5.91 Å². The molecule has 0 unspecified atom stereocenters. The van der Waals surface area contributed by atoms with Gasteiger partial charge in [0, 0.05) is 37.2 Å². The van der Waals surface area contributed by atoms with Crippen molar-refractivity contribution in [1.82, 2.24) is 5.32 Å². The lowest BCUT2D eigenvalue weighted by atomic mass is 10.1. The highest BCUT2D eigenvalue weighted by molar-refractivity contribution is 7.98. The zero-order chi connectivity index (χ0) is 18.2. The van der Waals surface area contributed by atoms with E-state index in [4.69, 9.17) is 9.47 Å². The fraction of sp³-hybridized carbons (Fsp3) is 0.471. The van der Waals surface area contributed by atoms with Gasteiger partial charge >= 0.3 is 5.97 Å². The minimum Gasteiger partial charge on any atom is -0.455 e. The molecule has 136 valence electrons. The fourth-order valence-corrected chi connectivity index (χ4v) is 2.94. The maximum atomic E-state index is 12.2. The summed E-state index contributed by atoms with van der Waals surface area (Å²) in [6, 6.07) is 7.60. The van der Waals surface area contributed by atoms with Crippen LogP contribution in [0.5, 0.6) is 0 Å². The first-order chi connectivity index (χ1) is 12.0. The number of esters is 1. The van der Waals surface area contributed by atoms with Crippen molar-refractivity contribution >= 4 is 35.2 Å². The van der Waals surface area contributed by atoms with Crippen molar-refractivity contribution in [2.45, 2.75) is 11.3 Å². The number of nitrogens with zero attached hydrogens (tertiary/aromatic N) is 1. The van der Waals surface area contributed by atoms with Crippen LogP contribution in [0.1, 0.15) is 6.42 Å². The molecule has 1 aliphatic rings. The molecule has 0 radical (unpaired) electrons. The average Bonchev–Trinajstić information content (AvgIpc) is 3.02. The first-order valence-electron chi connectivity index (χ1n) is 7.92. The summed E-state index contributed by atoms with van der Waals surface area (Å²) in [6.07, 6.45) is 2.05. The highest BCUT2D eigenvalue weighted by Crippen LogP contribution is 2.28. The third kappa shape index (κ3) is 5.47. The number of carbonyl (C=O) groups excluding carboxylic acids is 3. The number of anilines is 1. The molecule has 0 aromatic heterocycles. The van der Waals surface area contributed by atoms with Crippen molar-refractivity contribution < 1.29 is 23.9 Å². The third-order valence-electron chi connectivity index (χ3n) is 3.80. The summed E-state index contributed by atoms with van der Waals surface area (Å²) in [4.78, 5) is 38.5. The summed E-state index contributed by atoms with van der Waals surface area (Å²) in [5.41, 5.74) is 0.768. The van der Waals surface area contributed by atoms with Crippen molar-refractivity contribution in [3.63, 3.8) is 0 Å². The van der Waals surface area contributed by atoms with Gasteiger partial charge in [-0.25, -0.2) is 0 Å². The van der Waals surface area contributed by atoms with Gasteiger partial charge in [0.05, 0.1) is 12.5 Å². The van der Waals surface area contributed by atoms with Crippen LogP contribution < -0.4 is 10.2 Å². The minimum absolute atomic E-state index is 0.0909. The number of benzene rings is 1. The maximum Gasteiger partial charge on any atom is 0.311 e. The SMILES string of the molecule is COCCNC(=O)COC(=O)[C@@H]1CC(=O)N(c2cccc(SC)c2)C1. The standard InChI is InChI=1S/C17H22N2O5S/c1-23-7-6-18-15(20)11-24-17(22)12-8-16(21)19(10-12)13-4-3-5-14(9-13)25-2/h3-5,9,12H,6-8,10-11H2,1-2H3,(H,18,20)/t12-/m1/s1. The van der Waals surface area contributed by atoms with Gasteiger partial charge in [0.15, 0.2) is 6.61 Å². The summed E-state index contributed by atoms with van der Waals surface area (Å²) >= 11 is 1.59. The minimum atomic E-state index is -0.558. The quantitative estimate of drug-likeness (QED) is 0.421. The second kappa shape index (κ2) is 9.43. The number of ether oxygens (including phenoxy) is 2. The van der Waals surface area contributed by atoms with E-state index in [9.17, 15) is 14.4 Å². The van der Waals surface area contributed by atoms with Crippen molar-refractivity contribution in [3.8, 4) is 0 Å². The summed E-state index contributed by atoms with van der Waals surface area (Å²) in [5.74, 6) is -1.60. The molecule has 1 aliphatic heterocycles. The molecule has 0 aliphatic carbocycles. The van der Waals surface area contributed by atoms with Crippen molar-refractivity contribution in [3.05, 3.63) is 24.3 Å². The van der Waals surface area contributed by atoms with Gasteiger partial charge in [-0.15, -0.1) is 11.8 Å². The lowest BCUT2D eigenvalue weighted by Gasteiger charge is -2.17. The summed E-state index contributed by atoms with van der Waals surface area (Å²) in [7, 11) is 1.53. The molecular formula is C17H22N2O5S. The Labute approximate surface area is 151 Å². The Balaban J connectivity index is 1.86. The molecule has 1 saturated heterocycles. The number of thioether (sulfide) groups is 1. The molecule has 1 N–H and O–H groups in total. The Morgan fingerprint density at radius 2 is 2.20 bits per heavy atom. The van der Waals surface area contributed by atoms with E-state index in [1.54, 1.807) is 16.7 Å². The number of amides is 2. The van der Waals surface area contributed by atoms with Crippen LogP contribution >= 0.6 is 11.8 Å². The van der Waals surface area contributed by atoms with Crippen molar-refractivity contribution in [2.75, 3.05) is 44.6 Å². The third-order valence-corrected chi connectivity index (χ3v) is 4.52. The normalized spacial score (nSPS) is 16.8. The van der Waals surface area contributed by atoms with E-state index in [1.807, 2.05) is 30.5 Å². The molecule has 0 saturated carbocycles. The monoisotopic (exact) mass is 366 g/mol. The van der Waals surface area contributed by atoms with Crippen molar-refractivity contribution in [1.29, 1.82) is 0 Å². The molecule has 0 spiro atoms. The molecule has 8 heteroatoms. The summed E-state index contributed by atoms with van der Waals surface area (Å²) < 4.78 is 9.84. The Kier molecular flexibility index (Phi) is 7.27. The maximum absolute atomic E-state index is 12.2. The van der Waals surface area contributed by atoms with Gasteiger partial charge in [-0.05, 0) is 24.5 Å². The van der Waals surface area contributed by atoms with E-state index in [1.165, 1.54) is 7.11 Å². The van der Waals surface area contributed by atoms with Crippen molar-refractivity contribution in [2.24, 2.45) is 5.92 Å². The smallest absolute Gasteiger partial charge is 0.311 e. The topological polar surface area (TPSA) is 84.9 Å². The van der Waals surface area contributed by atoms with Gasteiger partial charge in [0.25, 0.3) is 5.91 Å². The first kappa shape index (κ1) is 19.3. The summed E-state index contributed by atoms with van der Waals surface area (Å²) in [6.45, 7) is 0.658. The first-order valence-corrected chi connectivity index (χ1v) is 9.14. The molecule has 25 heavy (non-hydrogen) atoms. The van der Waals surface area contributed by atoms with Crippen LogP contribution in [-0.4, -0.2) is 57.5 Å². The molecule has 1 aromatic rings. The Hall–Kier alpha value is -2.06. The summed E-state index contributed by atoms with van der Waals surface area (Å²) in [5, 5.41) is 2.56. The molecule has 7 nitrogen and oxygen atoms in total. The van der Waals surface area contributed by atoms with Crippen LogP contribution in [-0.2, 0) is 23.9 Å². The molecule has 1 fully saturated rings. The second-order valence-corrected chi connectivity index (χ2v) is 6.44. The number of hydrogen-bond acceptors (Lipinski definition) is 6. The van der Waals surface area contributed by atoms with Crippen LogP contribution in [0.25, 0.3) is 0 Å². The molecule has 2 amide bonds. The largest absolute Gasteiger partial charge is 0.455 e. The van der Waals surface area contributed by atoms with Gasteiger partial charge < -0.3 is 19.7 Å². The fourth-order valence-electron chi connectivity index (χ4n) is 2.49. The van der Waals surface area contributed by atoms with Crippen LogP contribution in [0.4, 0.5) is 5.69 Å². The van der Waals surface area contributed by atoms with Gasteiger partial charge in [0.1, 0.15) is 0 Å². The van der Waals surface area contributed by atoms with E-state index in [0.717, 1.165) is 10.6 Å². The van der Waals surface area contributed by atoms with Gasteiger partial charge in [-0.3, -0.25) is 14.4 Å². The molecule has 1 aromatic carbocycles. The van der Waals surface area contributed by atoms with Crippen LogP contribution in [0, 0.1) is 5.92 Å². The molecule has 1 atom stereocenters. The van der Waals surface area contributed by atoms with E-state index >= 15 is 0 Å². The predicted molar refractivity (Wildman–Crippen MR) is 94.5 cm³/mol. The molecule has 2 rings (SSSR count). The number of nitrogens with one attached hydrogen (secondary N) is 1. The van der Waals surface area contributed by atoms with E-state index in [-0.39, 0.29) is 31.4 Å². The number of rotatable bonds is 8. The van der Waals surface area contributed by atoms with Crippen LogP contribution in [0.15, 0.2) is 29.2 Å². The van der Waals surface area contributed by atoms with E-state index < -0.39 is 11.9 Å². The highest BCUT2D eigenvalue weighted by atomic mass is 32.2. The molecule has 0 bridgehead atoms. The van der Waals surface area contributed by atoms with Gasteiger partial charge in [-0.1, -0.05) is 6.07 Å². The predicted octanol–water partition coefficient (Wildman–Crippen LogP) is 1.07. The molecular weight excluding hydrogens is 344 g/mol. The van der Waals surface area contributed by atoms with E-state index in [0.29, 0.717) is 13.2 Å². The lowest BCUT2D eigenvalue weighted by Crippen LogP contribution is -2.33. The highest BCUT2D eigenvalue weighted by Gasteiger charge is 2.36. The van der Waals surface area contributed by atoms with Gasteiger partial charge in [-0.2, -0.15) is 0 Å². The lowest BCUT2D eigenvalue weighted by molar-refractivity contribution is -0.152. The number of hydrogen-bond donors (Lipinski definition) is 1. The number of methoxy groups -OCH3 is 1. The average molecular weight is 366 g/mol. The Bertz CT molecular complexity index is 637. The van der Waals surface area contributed by atoms with Crippen LogP contribution in [0.2, 0.25) is 0 Å².